The Morgan fingerprint density at radius 1 is 1.07 bits per heavy atom. The largest absolute Gasteiger partial charge is 0.356 e. The van der Waals surface area contributed by atoms with E-state index < -0.39 is 5.54 Å². The number of hydrogen-bond acceptors (Lipinski definition) is 4. The number of amides is 3. The topological polar surface area (TPSA) is 75.4 Å². The molecule has 134 valence electrons. The van der Waals surface area contributed by atoms with E-state index in [1.807, 2.05) is 54.6 Å². The number of fused-ring (bicyclic) bond motifs is 2. The fourth-order valence-corrected chi connectivity index (χ4v) is 4.02. The molecule has 3 aromatic rings. The van der Waals surface area contributed by atoms with Crippen LogP contribution in [0.1, 0.15) is 23.2 Å². The van der Waals surface area contributed by atoms with E-state index in [-0.39, 0.29) is 18.5 Å². The quantitative estimate of drug-likeness (QED) is 0.729. The molecule has 2 aliphatic rings. The number of benzene rings is 2. The third-order valence-corrected chi connectivity index (χ3v) is 5.36. The summed E-state index contributed by atoms with van der Waals surface area (Å²) in [5, 5.41) is 6.96. The molecule has 0 saturated carbocycles. The third-order valence-electron chi connectivity index (χ3n) is 5.36. The van der Waals surface area contributed by atoms with Crippen molar-refractivity contribution in [2.24, 2.45) is 0 Å². The van der Waals surface area contributed by atoms with E-state index in [4.69, 9.17) is 4.52 Å². The molecule has 0 bridgehead atoms. The molecule has 1 aliphatic carbocycles. The van der Waals surface area contributed by atoms with Gasteiger partial charge in [0.05, 0.1) is 6.54 Å². The van der Waals surface area contributed by atoms with Crippen molar-refractivity contribution in [1.82, 2.24) is 15.4 Å². The second-order valence-electron chi connectivity index (χ2n) is 6.93. The smallest absolute Gasteiger partial charge is 0.325 e. The summed E-state index contributed by atoms with van der Waals surface area (Å²) in [4.78, 5) is 27.0. The predicted molar refractivity (Wildman–Crippen MR) is 97.5 cm³/mol. The molecule has 2 aromatic carbocycles. The molecule has 1 unspecified atom stereocenters. The number of nitrogens with one attached hydrogen (secondary N) is 1. The Balaban J connectivity index is 1.42. The summed E-state index contributed by atoms with van der Waals surface area (Å²) in [7, 11) is 0. The molecule has 1 aromatic heterocycles. The molecule has 6 nitrogen and oxygen atoms in total. The first-order chi connectivity index (χ1) is 13.2. The molecule has 1 N–H and O–H groups in total. The first kappa shape index (κ1) is 15.8. The Bertz CT molecular complexity index is 1040. The van der Waals surface area contributed by atoms with Gasteiger partial charge in [-0.3, -0.25) is 9.69 Å². The maximum Gasteiger partial charge on any atom is 0.325 e. The molecule has 1 aliphatic heterocycles. The van der Waals surface area contributed by atoms with Gasteiger partial charge in [0.2, 0.25) is 0 Å². The van der Waals surface area contributed by atoms with Crippen molar-refractivity contribution in [2.45, 2.75) is 24.9 Å². The minimum absolute atomic E-state index is 0.0882. The molecule has 1 saturated heterocycles. The zero-order valence-corrected chi connectivity index (χ0v) is 14.5. The van der Waals surface area contributed by atoms with Crippen LogP contribution in [-0.2, 0) is 23.3 Å². The van der Waals surface area contributed by atoms with Crippen LogP contribution >= 0.6 is 0 Å². The van der Waals surface area contributed by atoms with Crippen LogP contribution in [0.3, 0.4) is 0 Å². The van der Waals surface area contributed by atoms with Crippen molar-refractivity contribution < 1.29 is 14.1 Å². The first-order valence-electron chi connectivity index (χ1n) is 8.91. The number of rotatable bonds is 3. The van der Waals surface area contributed by atoms with E-state index in [1.54, 1.807) is 6.07 Å². The molecular weight excluding hydrogens is 342 g/mol. The number of hydrogen-bond donors (Lipinski definition) is 1. The molecule has 5 rings (SSSR count). The first-order valence-corrected chi connectivity index (χ1v) is 8.91. The Labute approximate surface area is 155 Å². The van der Waals surface area contributed by atoms with E-state index in [0.29, 0.717) is 17.9 Å². The average Bonchev–Trinajstić information content (AvgIpc) is 3.38. The normalized spacial score (nSPS) is 21.0. The van der Waals surface area contributed by atoms with Crippen molar-refractivity contribution >= 4 is 11.9 Å². The van der Waals surface area contributed by atoms with Crippen LogP contribution in [0.25, 0.3) is 11.3 Å². The molecule has 0 radical (unpaired) electrons. The third kappa shape index (κ3) is 2.37. The SMILES string of the molecule is O=C1NC2(CCc3ccccc32)C(=O)N1Cc1cc(-c2ccccc2)on1. The Morgan fingerprint density at radius 3 is 2.70 bits per heavy atom. The summed E-state index contributed by atoms with van der Waals surface area (Å²) in [5.41, 5.74) is 2.51. The summed E-state index contributed by atoms with van der Waals surface area (Å²) in [6.45, 7) is 0.0882. The van der Waals surface area contributed by atoms with Crippen LogP contribution in [0.4, 0.5) is 4.79 Å². The summed E-state index contributed by atoms with van der Waals surface area (Å²) >= 11 is 0. The van der Waals surface area contributed by atoms with Crippen LogP contribution in [0.5, 0.6) is 0 Å². The number of urea groups is 1. The van der Waals surface area contributed by atoms with Crippen LogP contribution in [0, 0.1) is 0 Å². The van der Waals surface area contributed by atoms with E-state index in [2.05, 4.69) is 10.5 Å². The van der Waals surface area contributed by atoms with Gasteiger partial charge in [0.15, 0.2) is 5.76 Å². The summed E-state index contributed by atoms with van der Waals surface area (Å²) < 4.78 is 5.39. The maximum absolute atomic E-state index is 13.2. The Hall–Kier alpha value is -3.41. The lowest BCUT2D eigenvalue weighted by atomic mass is 9.92. The van der Waals surface area contributed by atoms with Gasteiger partial charge in [-0.15, -0.1) is 0 Å². The van der Waals surface area contributed by atoms with Gasteiger partial charge in [-0.25, -0.2) is 4.79 Å². The van der Waals surface area contributed by atoms with E-state index in [1.165, 1.54) is 4.90 Å². The van der Waals surface area contributed by atoms with E-state index in [0.717, 1.165) is 23.1 Å². The lowest BCUT2D eigenvalue weighted by molar-refractivity contribution is -0.132. The van der Waals surface area contributed by atoms with E-state index in [9.17, 15) is 9.59 Å². The van der Waals surface area contributed by atoms with Gasteiger partial charge in [-0.05, 0) is 24.0 Å². The maximum atomic E-state index is 13.2. The molecule has 2 heterocycles. The van der Waals surface area contributed by atoms with Crippen LogP contribution in [-0.4, -0.2) is 22.0 Å². The number of nitrogens with zero attached hydrogens (tertiary/aromatic N) is 2. The van der Waals surface area contributed by atoms with Crippen molar-refractivity contribution in [3.63, 3.8) is 0 Å². The average molecular weight is 359 g/mol. The highest BCUT2D eigenvalue weighted by atomic mass is 16.5. The minimum atomic E-state index is -0.945. The molecule has 3 amide bonds. The fraction of sp³-hybridized carbons (Fsp3) is 0.190. The molecule has 1 fully saturated rings. The standard InChI is InChI=1S/C21H17N3O3/c25-19-21(11-10-14-6-4-5-9-17(14)21)22-20(26)24(19)13-16-12-18(27-23-16)15-7-2-1-3-8-15/h1-9,12H,10-11,13H2,(H,22,26). The molecule has 27 heavy (non-hydrogen) atoms. The monoisotopic (exact) mass is 359 g/mol. The van der Waals surface area contributed by atoms with Crippen molar-refractivity contribution in [3.8, 4) is 11.3 Å². The summed E-state index contributed by atoms with van der Waals surface area (Å²) in [6.07, 6.45) is 1.36. The summed E-state index contributed by atoms with van der Waals surface area (Å²) in [5.74, 6) is 0.389. The van der Waals surface area contributed by atoms with Gasteiger partial charge < -0.3 is 9.84 Å². The minimum Gasteiger partial charge on any atom is -0.356 e. The van der Waals surface area contributed by atoms with Gasteiger partial charge >= 0.3 is 6.03 Å². The molecule has 1 spiro atoms. The number of carbonyl (C=O) groups excluding carboxylic acids is 2. The highest BCUT2D eigenvalue weighted by Crippen LogP contribution is 2.41. The van der Waals surface area contributed by atoms with Crippen LogP contribution in [0.2, 0.25) is 0 Å². The van der Waals surface area contributed by atoms with Gasteiger partial charge in [-0.2, -0.15) is 0 Å². The zero-order chi connectivity index (χ0) is 18.4. The number of aromatic nitrogens is 1. The van der Waals surface area contributed by atoms with Crippen LogP contribution in [0.15, 0.2) is 65.2 Å². The molecule has 1 atom stereocenters. The zero-order valence-electron chi connectivity index (χ0n) is 14.5. The number of imide groups is 1. The Morgan fingerprint density at radius 2 is 1.85 bits per heavy atom. The number of aryl methyl sites for hydroxylation is 1. The number of carbonyl (C=O) groups is 2. The van der Waals surface area contributed by atoms with Crippen molar-refractivity contribution in [1.29, 1.82) is 0 Å². The lowest BCUT2D eigenvalue weighted by Gasteiger charge is -2.22. The van der Waals surface area contributed by atoms with Crippen LogP contribution < -0.4 is 5.32 Å². The molecular formula is C21H17N3O3. The lowest BCUT2D eigenvalue weighted by Crippen LogP contribution is -2.41. The van der Waals surface area contributed by atoms with Gasteiger partial charge in [0.25, 0.3) is 5.91 Å². The predicted octanol–water partition coefficient (Wildman–Crippen LogP) is 3.24. The molecule has 6 heteroatoms. The van der Waals surface area contributed by atoms with Gasteiger partial charge in [-0.1, -0.05) is 59.8 Å². The Kier molecular flexibility index (Phi) is 3.40. The van der Waals surface area contributed by atoms with E-state index >= 15 is 0 Å². The highest BCUT2D eigenvalue weighted by Gasteiger charge is 2.55. The van der Waals surface area contributed by atoms with Crippen molar-refractivity contribution in [3.05, 3.63) is 77.5 Å². The van der Waals surface area contributed by atoms with Crippen molar-refractivity contribution in [2.75, 3.05) is 0 Å². The highest BCUT2D eigenvalue weighted by molar-refractivity contribution is 6.08. The van der Waals surface area contributed by atoms with Gasteiger partial charge in [0.1, 0.15) is 11.2 Å². The van der Waals surface area contributed by atoms with Gasteiger partial charge in [0, 0.05) is 11.6 Å². The second kappa shape index (κ2) is 5.81. The fourth-order valence-electron chi connectivity index (χ4n) is 4.02. The second-order valence-corrected chi connectivity index (χ2v) is 6.93. The summed E-state index contributed by atoms with van der Waals surface area (Å²) in [6, 6.07) is 18.8.